The van der Waals surface area contributed by atoms with Crippen molar-refractivity contribution in [3.8, 4) is 22.8 Å². The Balaban J connectivity index is 1.64. The summed E-state index contributed by atoms with van der Waals surface area (Å²) < 4.78 is 5.97. The van der Waals surface area contributed by atoms with Crippen LogP contribution in [-0.4, -0.2) is 32.7 Å². The highest BCUT2D eigenvalue weighted by atomic mass is 35.5. The molecule has 1 aliphatic rings. The number of nitrogens with zero attached hydrogens (tertiary/aromatic N) is 2. The summed E-state index contributed by atoms with van der Waals surface area (Å²) >= 11 is 12.9. The van der Waals surface area contributed by atoms with Crippen molar-refractivity contribution in [1.82, 2.24) is 15.1 Å². The van der Waals surface area contributed by atoms with Crippen molar-refractivity contribution in [3.05, 3.63) is 98.7 Å². The summed E-state index contributed by atoms with van der Waals surface area (Å²) in [6.07, 6.45) is 1.99. The fraction of sp³-hybridized carbons (Fsp3) is 0.241. The molecule has 37 heavy (non-hydrogen) atoms. The quantitative estimate of drug-likeness (QED) is 0.231. The third-order valence-corrected chi connectivity index (χ3v) is 7.41. The number of fused-ring (bicyclic) bond motifs is 1. The standard InChI is InChI=1S/C29H27Cl2N3O3/c1-3-4-12-37-20-10-7-9-18(14-20)28-25-26(21-15-23(31)17(2)13-24(21)35)32-33-27(25)29(36)34(28)16-19-8-5-6-11-22(19)30/h5-11,13-15,28,35H,3-4,12,16H2,1-2H3,(H,32,33). The topological polar surface area (TPSA) is 78.5 Å². The van der Waals surface area contributed by atoms with E-state index in [2.05, 4.69) is 17.1 Å². The minimum atomic E-state index is -0.485. The Morgan fingerprint density at radius 1 is 1.08 bits per heavy atom. The van der Waals surface area contributed by atoms with E-state index in [1.54, 1.807) is 17.0 Å². The van der Waals surface area contributed by atoms with E-state index in [1.807, 2.05) is 55.5 Å². The third-order valence-electron chi connectivity index (χ3n) is 6.63. The number of benzene rings is 3. The third kappa shape index (κ3) is 4.79. The number of aromatic hydroxyl groups is 1. The summed E-state index contributed by atoms with van der Waals surface area (Å²) in [6, 6.07) is 18.1. The molecular weight excluding hydrogens is 509 g/mol. The van der Waals surface area contributed by atoms with Crippen LogP contribution in [0.3, 0.4) is 0 Å². The summed E-state index contributed by atoms with van der Waals surface area (Å²) in [5, 5.41) is 19.3. The molecule has 0 bridgehead atoms. The van der Waals surface area contributed by atoms with Crippen molar-refractivity contribution < 1.29 is 14.6 Å². The molecule has 3 aromatic carbocycles. The maximum Gasteiger partial charge on any atom is 0.273 e. The molecule has 4 aromatic rings. The second-order valence-electron chi connectivity index (χ2n) is 9.18. The van der Waals surface area contributed by atoms with E-state index < -0.39 is 6.04 Å². The second kappa shape index (κ2) is 10.5. The summed E-state index contributed by atoms with van der Waals surface area (Å²) in [4.78, 5) is 15.5. The lowest BCUT2D eigenvalue weighted by atomic mass is 9.95. The number of rotatable bonds is 8. The Hall–Kier alpha value is -3.48. The van der Waals surface area contributed by atoms with E-state index in [4.69, 9.17) is 27.9 Å². The van der Waals surface area contributed by atoms with Crippen LogP contribution in [0.4, 0.5) is 0 Å². The van der Waals surface area contributed by atoms with Gasteiger partial charge in [0.1, 0.15) is 22.9 Å². The summed E-state index contributed by atoms with van der Waals surface area (Å²) in [6.45, 7) is 4.85. The van der Waals surface area contributed by atoms with Gasteiger partial charge in [0.2, 0.25) is 0 Å². The van der Waals surface area contributed by atoms with Gasteiger partial charge in [-0.3, -0.25) is 9.89 Å². The van der Waals surface area contributed by atoms with Gasteiger partial charge >= 0.3 is 0 Å². The minimum Gasteiger partial charge on any atom is -0.507 e. The Kier molecular flexibility index (Phi) is 7.13. The van der Waals surface area contributed by atoms with E-state index in [-0.39, 0.29) is 11.7 Å². The number of ether oxygens (including phenoxy) is 1. The van der Waals surface area contributed by atoms with Crippen LogP contribution < -0.4 is 4.74 Å². The van der Waals surface area contributed by atoms with Gasteiger partial charge in [0.15, 0.2) is 0 Å². The number of amides is 1. The van der Waals surface area contributed by atoms with Crippen LogP contribution in [-0.2, 0) is 6.54 Å². The van der Waals surface area contributed by atoms with E-state index in [9.17, 15) is 9.90 Å². The summed E-state index contributed by atoms with van der Waals surface area (Å²) in [5.74, 6) is 0.577. The molecule has 1 atom stereocenters. The number of unbranched alkanes of at least 4 members (excludes halogenated alkanes) is 1. The number of H-pyrrole nitrogens is 1. The lowest BCUT2D eigenvalue weighted by Crippen LogP contribution is -2.29. The van der Waals surface area contributed by atoms with Crippen molar-refractivity contribution in [2.24, 2.45) is 0 Å². The zero-order valence-electron chi connectivity index (χ0n) is 20.6. The first-order chi connectivity index (χ1) is 17.9. The van der Waals surface area contributed by atoms with E-state index in [1.165, 1.54) is 0 Å². The fourth-order valence-corrected chi connectivity index (χ4v) is 5.05. The molecule has 6 nitrogen and oxygen atoms in total. The normalized spacial score (nSPS) is 14.8. The lowest BCUT2D eigenvalue weighted by molar-refractivity contribution is 0.0730. The molecule has 0 saturated heterocycles. The van der Waals surface area contributed by atoms with Gasteiger partial charge in [0.25, 0.3) is 5.91 Å². The van der Waals surface area contributed by atoms with Gasteiger partial charge < -0.3 is 14.7 Å². The highest BCUT2D eigenvalue weighted by molar-refractivity contribution is 6.32. The average Bonchev–Trinajstić information content (AvgIpc) is 3.42. The van der Waals surface area contributed by atoms with Crippen LogP contribution in [0.1, 0.15) is 58.5 Å². The van der Waals surface area contributed by atoms with E-state index in [0.717, 1.165) is 35.3 Å². The summed E-state index contributed by atoms with van der Waals surface area (Å²) in [7, 11) is 0. The SMILES string of the molecule is CCCCOc1cccc(C2c3c(-c4cc(Cl)c(C)cc4O)n[nH]c3C(=O)N2Cc2ccccc2Cl)c1. The number of carbonyl (C=O) groups excluding carboxylic acids is 1. The first kappa shape index (κ1) is 25.2. The largest absolute Gasteiger partial charge is 0.507 e. The van der Waals surface area contributed by atoms with Gasteiger partial charge in [-0.1, -0.05) is 66.9 Å². The second-order valence-corrected chi connectivity index (χ2v) is 10.00. The van der Waals surface area contributed by atoms with E-state index >= 15 is 0 Å². The molecule has 1 amide bonds. The van der Waals surface area contributed by atoms with Crippen LogP contribution in [0.25, 0.3) is 11.3 Å². The monoisotopic (exact) mass is 535 g/mol. The van der Waals surface area contributed by atoms with Crippen LogP contribution >= 0.6 is 23.2 Å². The molecule has 1 aliphatic heterocycles. The number of aryl methyl sites for hydroxylation is 1. The Morgan fingerprint density at radius 3 is 2.68 bits per heavy atom. The number of phenols is 1. The number of aromatic amines is 1. The Morgan fingerprint density at radius 2 is 1.89 bits per heavy atom. The van der Waals surface area contributed by atoms with Gasteiger partial charge in [0, 0.05) is 27.7 Å². The van der Waals surface area contributed by atoms with Gasteiger partial charge in [-0.2, -0.15) is 5.10 Å². The Labute approximate surface area is 225 Å². The predicted molar refractivity (Wildman–Crippen MR) is 145 cm³/mol. The highest BCUT2D eigenvalue weighted by Crippen LogP contribution is 2.46. The fourth-order valence-electron chi connectivity index (χ4n) is 4.69. The van der Waals surface area contributed by atoms with Crippen LogP contribution in [0, 0.1) is 6.92 Å². The van der Waals surface area contributed by atoms with Crippen molar-refractivity contribution in [2.75, 3.05) is 6.61 Å². The minimum absolute atomic E-state index is 0.0450. The molecule has 0 saturated carbocycles. The number of aromatic nitrogens is 2. The van der Waals surface area contributed by atoms with Crippen molar-refractivity contribution in [1.29, 1.82) is 0 Å². The number of phenolic OH excluding ortho intramolecular Hbond substituents is 1. The molecule has 1 aromatic heterocycles. The van der Waals surface area contributed by atoms with Crippen LogP contribution in [0.2, 0.25) is 10.0 Å². The van der Waals surface area contributed by atoms with Gasteiger partial charge in [-0.25, -0.2) is 0 Å². The molecule has 5 rings (SSSR count). The first-order valence-electron chi connectivity index (χ1n) is 12.2. The molecule has 0 fully saturated rings. The maximum absolute atomic E-state index is 13.7. The number of carbonyl (C=O) groups is 1. The van der Waals surface area contributed by atoms with Crippen molar-refractivity contribution in [3.63, 3.8) is 0 Å². The molecule has 0 radical (unpaired) electrons. The van der Waals surface area contributed by atoms with Crippen LogP contribution in [0.15, 0.2) is 60.7 Å². The van der Waals surface area contributed by atoms with Gasteiger partial charge in [-0.05, 0) is 60.4 Å². The molecule has 190 valence electrons. The van der Waals surface area contributed by atoms with Crippen molar-refractivity contribution in [2.45, 2.75) is 39.3 Å². The van der Waals surface area contributed by atoms with E-state index in [0.29, 0.717) is 45.7 Å². The van der Waals surface area contributed by atoms with Gasteiger partial charge in [0.05, 0.1) is 12.6 Å². The van der Waals surface area contributed by atoms with Gasteiger partial charge in [-0.15, -0.1) is 0 Å². The molecule has 1 unspecified atom stereocenters. The van der Waals surface area contributed by atoms with Crippen molar-refractivity contribution >= 4 is 29.1 Å². The van der Waals surface area contributed by atoms with Crippen LogP contribution in [0.5, 0.6) is 11.5 Å². The molecule has 8 heteroatoms. The zero-order chi connectivity index (χ0) is 26.1. The maximum atomic E-state index is 13.7. The summed E-state index contributed by atoms with van der Waals surface area (Å²) in [5.41, 5.74) is 4.44. The number of hydrogen-bond acceptors (Lipinski definition) is 4. The Bertz CT molecular complexity index is 1470. The first-order valence-corrected chi connectivity index (χ1v) is 13.0. The number of hydrogen-bond donors (Lipinski definition) is 2. The number of halogens is 2. The zero-order valence-corrected chi connectivity index (χ0v) is 22.1. The molecular formula is C29H27Cl2N3O3. The lowest BCUT2D eigenvalue weighted by Gasteiger charge is -2.27. The molecule has 2 N–H and O–H groups in total. The molecule has 2 heterocycles. The predicted octanol–water partition coefficient (Wildman–Crippen LogP) is 7.32. The molecule has 0 spiro atoms. The number of nitrogens with one attached hydrogen (secondary N) is 1. The smallest absolute Gasteiger partial charge is 0.273 e. The molecule has 0 aliphatic carbocycles. The average molecular weight is 536 g/mol. The highest BCUT2D eigenvalue weighted by Gasteiger charge is 2.43.